The molecule has 2 aromatic heterocycles. The monoisotopic (exact) mass is 548 g/mol. The molecule has 0 aliphatic carbocycles. The van der Waals surface area contributed by atoms with Crippen molar-refractivity contribution in [3.63, 3.8) is 0 Å². The Labute approximate surface area is 217 Å². The lowest BCUT2D eigenvalue weighted by Gasteiger charge is -2.09. The quantitative estimate of drug-likeness (QED) is 0.244. The molecule has 0 spiro atoms. The van der Waals surface area contributed by atoms with Gasteiger partial charge in [-0.2, -0.15) is 0 Å². The molecule has 3 aromatic carbocycles. The number of aromatic carboxylic acids is 4. The maximum atomic E-state index is 11.2. The number of benzene rings is 3. The number of carboxylic acids is 4. The van der Waals surface area contributed by atoms with Crippen LogP contribution in [0.15, 0.2) is 76.5 Å². The van der Waals surface area contributed by atoms with Gasteiger partial charge in [0, 0.05) is 0 Å². The predicted octanol–water partition coefficient (Wildman–Crippen LogP) is 1.64. The second-order valence-electron chi connectivity index (χ2n) is 8.04. The molecule has 0 atom stereocenters. The van der Waals surface area contributed by atoms with Gasteiger partial charge in [0.15, 0.2) is 0 Å². The number of furan rings is 2. The Balaban J connectivity index is 0.000000199. The molecule has 200 valence electrons. The summed E-state index contributed by atoms with van der Waals surface area (Å²) in [6.07, 6.45) is 0. The molecule has 0 bridgehead atoms. The standard InChI is InChI=1S/C16H10O8.C10H2O6/c17-13(18)9-3-1-7(5-11(9)15(21)22)8-2-4-10(14(19)20)12(6-8)16(23)24;11-7-3-1-4-6(10(14)16-8(4)12)2-5(3)9(13)15-7/h1-6H,(H,17,18)(H,19,20)(H,21,22)(H,23,24);1-2H. The van der Waals surface area contributed by atoms with E-state index in [9.17, 15) is 38.4 Å². The van der Waals surface area contributed by atoms with Crippen molar-refractivity contribution >= 4 is 45.4 Å². The van der Waals surface area contributed by atoms with E-state index in [0.717, 1.165) is 36.4 Å². The highest BCUT2D eigenvalue weighted by atomic mass is 16.4. The van der Waals surface area contributed by atoms with Gasteiger partial charge in [-0.1, -0.05) is 12.1 Å². The van der Waals surface area contributed by atoms with Crippen LogP contribution in [0.4, 0.5) is 0 Å². The minimum Gasteiger partial charge on any atom is -0.478 e. The molecule has 0 aliphatic rings. The zero-order chi connectivity index (χ0) is 29.5. The first kappa shape index (κ1) is 26.9. The van der Waals surface area contributed by atoms with Crippen molar-refractivity contribution in [2.24, 2.45) is 0 Å². The van der Waals surface area contributed by atoms with Crippen LogP contribution >= 0.6 is 0 Å². The van der Waals surface area contributed by atoms with E-state index >= 15 is 0 Å². The van der Waals surface area contributed by atoms with E-state index in [2.05, 4.69) is 8.83 Å². The van der Waals surface area contributed by atoms with Crippen LogP contribution in [0.3, 0.4) is 0 Å². The lowest BCUT2D eigenvalue weighted by Crippen LogP contribution is -2.09. The lowest BCUT2D eigenvalue weighted by molar-refractivity contribution is 0.0651. The summed E-state index contributed by atoms with van der Waals surface area (Å²) >= 11 is 0. The van der Waals surface area contributed by atoms with E-state index in [1.165, 1.54) is 12.1 Å². The van der Waals surface area contributed by atoms with Gasteiger partial charge >= 0.3 is 46.4 Å². The minimum atomic E-state index is -1.45. The Morgan fingerprint density at radius 2 is 0.700 bits per heavy atom. The summed E-state index contributed by atoms with van der Waals surface area (Å²) in [4.78, 5) is 89.2. The van der Waals surface area contributed by atoms with Gasteiger partial charge < -0.3 is 29.3 Å². The fourth-order valence-electron chi connectivity index (χ4n) is 3.84. The van der Waals surface area contributed by atoms with Gasteiger partial charge in [0.1, 0.15) is 0 Å². The molecule has 0 amide bonds. The predicted molar refractivity (Wildman–Crippen MR) is 133 cm³/mol. The Bertz CT molecular complexity index is 1880. The van der Waals surface area contributed by atoms with Crippen LogP contribution in [-0.2, 0) is 0 Å². The Hall–Kier alpha value is -6.18. The van der Waals surface area contributed by atoms with Crippen molar-refractivity contribution in [1.29, 1.82) is 0 Å². The van der Waals surface area contributed by atoms with Crippen LogP contribution in [0.25, 0.3) is 32.7 Å². The Morgan fingerprint density at radius 3 is 0.950 bits per heavy atom. The molecule has 0 unspecified atom stereocenters. The third-order valence-corrected chi connectivity index (χ3v) is 5.70. The summed E-state index contributed by atoms with van der Waals surface area (Å²) in [6, 6.07) is 9.28. The Kier molecular flexibility index (Phi) is 6.68. The Morgan fingerprint density at radius 1 is 0.425 bits per heavy atom. The number of carbonyl (C=O) groups is 4. The SMILES string of the molecule is O=C(O)c1ccc(-c2ccc(C(=O)O)c(C(=O)O)c2)cc1C(=O)O.O=c1oc(=O)c2cc3c(=O)oc(=O)c3cc12. The maximum absolute atomic E-state index is 11.2. The maximum Gasteiger partial charge on any atom is 0.346 e. The number of hydrogen-bond acceptors (Lipinski definition) is 10. The molecule has 0 saturated heterocycles. The summed E-state index contributed by atoms with van der Waals surface area (Å²) in [7, 11) is 0. The highest BCUT2D eigenvalue weighted by molar-refractivity contribution is 6.04. The van der Waals surface area contributed by atoms with E-state index in [1.807, 2.05) is 0 Å². The van der Waals surface area contributed by atoms with E-state index in [-0.39, 0.29) is 32.7 Å². The molecule has 2 heterocycles. The summed E-state index contributed by atoms with van der Waals surface area (Å²) in [5.41, 5.74) is -4.54. The molecule has 0 radical (unpaired) electrons. The number of fused-ring (bicyclic) bond motifs is 2. The molecular formula is C26H12O14. The second kappa shape index (κ2) is 9.94. The summed E-state index contributed by atoms with van der Waals surface area (Å²) in [5.74, 6) is -5.72. The molecule has 0 fully saturated rings. The van der Waals surface area contributed by atoms with Gasteiger partial charge in [-0.05, 0) is 47.5 Å². The number of hydrogen-bond donors (Lipinski definition) is 4. The zero-order valence-corrected chi connectivity index (χ0v) is 19.5. The van der Waals surface area contributed by atoms with Crippen LogP contribution in [-0.4, -0.2) is 44.3 Å². The van der Waals surface area contributed by atoms with E-state index in [0.29, 0.717) is 0 Å². The number of carboxylic acid groups (broad SMARTS) is 4. The second-order valence-corrected chi connectivity index (χ2v) is 8.04. The van der Waals surface area contributed by atoms with Gasteiger partial charge in [0.05, 0.1) is 43.8 Å². The average Bonchev–Trinajstić information content (AvgIpc) is 3.35. The molecular weight excluding hydrogens is 536 g/mol. The average molecular weight is 548 g/mol. The molecule has 14 heteroatoms. The highest BCUT2D eigenvalue weighted by Gasteiger charge is 2.20. The molecule has 40 heavy (non-hydrogen) atoms. The van der Waals surface area contributed by atoms with E-state index < -0.39 is 68.6 Å². The van der Waals surface area contributed by atoms with Crippen LogP contribution in [0.2, 0.25) is 0 Å². The van der Waals surface area contributed by atoms with Gasteiger partial charge in [-0.15, -0.1) is 0 Å². The van der Waals surface area contributed by atoms with Crippen LogP contribution in [0, 0.1) is 0 Å². The third-order valence-electron chi connectivity index (χ3n) is 5.70. The van der Waals surface area contributed by atoms with Crippen molar-refractivity contribution in [1.82, 2.24) is 0 Å². The van der Waals surface area contributed by atoms with E-state index in [1.54, 1.807) is 0 Å². The first-order valence-corrected chi connectivity index (χ1v) is 10.7. The van der Waals surface area contributed by atoms with Crippen molar-refractivity contribution in [2.45, 2.75) is 0 Å². The first-order valence-electron chi connectivity index (χ1n) is 10.7. The topological polar surface area (TPSA) is 244 Å². The van der Waals surface area contributed by atoms with Gasteiger partial charge in [-0.3, -0.25) is 0 Å². The molecule has 4 N–H and O–H groups in total. The first-order chi connectivity index (χ1) is 18.8. The fraction of sp³-hybridized carbons (Fsp3) is 0. The minimum absolute atomic E-state index is 0.0181. The molecule has 0 aliphatic heterocycles. The number of rotatable bonds is 5. The van der Waals surface area contributed by atoms with Crippen LogP contribution in [0.5, 0.6) is 0 Å². The lowest BCUT2D eigenvalue weighted by atomic mass is 9.96. The molecule has 14 nitrogen and oxygen atoms in total. The summed E-state index contributed by atoms with van der Waals surface area (Å²) in [5, 5.41) is 36.1. The smallest absolute Gasteiger partial charge is 0.346 e. The summed E-state index contributed by atoms with van der Waals surface area (Å²) < 4.78 is 8.68. The van der Waals surface area contributed by atoms with Crippen molar-refractivity contribution in [2.75, 3.05) is 0 Å². The van der Waals surface area contributed by atoms with Crippen molar-refractivity contribution < 1.29 is 48.4 Å². The van der Waals surface area contributed by atoms with Gasteiger partial charge in [0.25, 0.3) is 0 Å². The summed E-state index contributed by atoms with van der Waals surface area (Å²) in [6.45, 7) is 0. The van der Waals surface area contributed by atoms with Crippen LogP contribution < -0.4 is 22.5 Å². The third kappa shape index (κ3) is 4.74. The largest absolute Gasteiger partial charge is 0.478 e. The highest BCUT2D eigenvalue weighted by Crippen LogP contribution is 2.26. The van der Waals surface area contributed by atoms with Crippen molar-refractivity contribution in [3.8, 4) is 11.1 Å². The van der Waals surface area contributed by atoms with Crippen LogP contribution in [0.1, 0.15) is 41.4 Å². The van der Waals surface area contributed by atoms with Gasteiger partial charge in [-0.25, -0.2) is 38.4 Å². The molecule has 5 aromatic rings. The van der Waals surface area contributed by atoms with Crippen molar-refractivity contribution in [3.05, 3.63) is 112 Å². The van der Waals surface area contributed by atoms with E-state index in [4.69, 9.17) is 20.4 Å². The van der Waals surface area contributed by atoms with Gasteiger partial charge in [0.2, 0.25) is 0 Å². The fourth-order valence-corrected chi connectivity index (χ4v) is 3.84. The molecule has 0 saturated carbocycles. The normalized spacial score (nSPS) is 10.7. The zero-order valence-electron chi connectivity index (χ0n) is 19.5. The molecule has 5 rings (SSSR count).